The van der Waals surface area contributed by atoms with Crippen molar-refractivity contribution in [2.45, 2.75) is 13.8 Å². The molecule has 5 nitrogen and oxygen atoms in total. The Morgan fingerprint density at radius 3 is 2.83 bits per heavy atom. The van der Waals surface area contributed by atoms with E-state index < -0.39 is 0 Å². The van der Waals surface area contributed by atoms with Crippen LogP contribution in [0.15, 0.2) is 48.0 Å². The Morgan fingerprint density at radius 2 is 2.00 bits per heavy atom. The van der Waals surface area contributed by atoms with Gasteiger partial charge in [0.1, 0.15) is 17.1 Å². The topological polar surface area (TPSA) is 62.5 Å². The van der Waals surface area contributed by atoms with Crippen LogP contribution in [0.5, 0.6) is 5.75 Å². The molecule has 4 aromatic rings. The molecule has 0 atom stereocenters. The molecule has 2 N–H and O–H groups in total. The van der Waals surface area contributed by atoms with Crippen LogP contribution in [0, 0.1) is 13.8 Å². The van der Waals surface area contributed by atoms with E-state index in [4.69, 9.17) is 0 Å². The van der Waals surface area contributed by atoms with Crippen molar-refractivity contribution in [1.29, 1.82) is 0 Å². The maximum atomic E-state index is 9.56. The molecule has 0 unspecified atom stereocenters. The predicted octanol–water partition coefficient (Wildman–Crippen LogP) is 4.52. The minimum atomic E-state index is 0.227. The van der Waals surface area contributed by atoms with Crippen molar-refractivity contribution in [3.05, 3.63) is 59.2 Å². The van der Waals surface area contributed by atoms with Gasteiger partial charge < -0.3 is 10.4 Å². The summed E-state index contributed by atoms with van der Waals surface area (Å²) in [6.45, 7) is 4.06. The number of benzene rings is 1. The van der Waals surface area contributed by atoms with Gasteiger partial charge in [0.2, 0.25) is 0 Å². The lowest BCUT2D eigenvalue weighted by Crippen LogP contribution is -1.92. The van der Waals surface area contributed by atoms with Crippen molar-refractivity contribution in [3.8, 4) is 17.1 Å². The van der Waals surface area contributed by atoms with E-state index in [0.717, 1.165) is 33.5 Å². The average Bonchev–Trinajstić information content (AvgIpc) is 3.10. The third-order valence-electron chi connectivity index (χ3n) is 3.80. The fourth-order valence-electron chi connectivity index (χ4n) is 2.72. The fraction of sp³-hybridized carbons (Fsp3) is 0.111. The van der Waals surface area contributed by atoms with Crippen LogP contribution in [0.3, 0.4) is 0 Å². The van der Waals surface area contributed by atoms with Gasteiger partial charge in [0.15, 0.2) is 5.13 Å². The number of pyridine rings is 1. The van der Waals surface area contributed by atoms with Gasteiger partial charge in [-0.1, -0.05) is 6.07 Å². The monoisotopic (exact) mass is 336 g/mol. The van der Waals surface area contributed by atoms with E-state index in [9.17, 15) is 5.11 Å². The first-order valence-corrected chi connectivity index (χ1v) is 8.45. The van der Waals surface area contributed by atoms with Crippen molar-refractivity contribution in [1.82, 2.24) is 14.4 Å². The molecule has 4 rings (SSSR count). The number of phenols is 1. The summed E-state index contributed by atoms with van der Waals surface area (Å²) in [6, 6.07) is 11.1. The number of aromatic nitrogens is 3. The molecule has 0 saturated heterocycles. The number of nitrogens with one attached hydrogen (secondary N) is 1. The number of anilines is 2. The van der Waals surface area contributed by atoms with Crippen LogP contribution < -0.4 is 5.32 Å². The molecule has 0 aliphatic carbocycles. The molecule has 0 aliphatic rings. The summed E-state index contributed by atoms with van der Waals surface area (Å²) >= 11 is 1.52. The van der Waals surface area contributed by atoms with Crippen LogP contribution in [0.25, 0.3) is 17.0 Å². The Morgan fingerprint density at radius 1 is 1.12 bits per heavy atom. The molecule has 0 saturated carbocycles. The van der Waals surface area contributed by atoms with Crippen LogP contribution in [-0.2, 0) is 0 Å². The van der Waals surface area contributed by atoms with Crippen LogP contribution in [0.1, 0.15) is 11.3 Å². The summed E-state index contributed by atoms with van der Waals surface area (Å²) in [6.07, 6.45) is 2.03. The third-order valence-corrected chi connectivity index (χ3v) is 4.56. The number of rotatable bonds is 3. The zero-order chi connectivity index (χ0) is 16.7. The van der Waals surface area contributed by atoms with Crippen molar-refractivity contribution in [2.24, 2.45) is 0 Å². The highest BCUT2D eigenvalue weighted by atomic mass is 32.1. The molecule has 0 fully saturated rings. The largest absolute Gasteiger partial charge is 0.508 e. The Bertz CT molecular complexity index is 1030. The third kappa shape index (κ3) is 2.61. The van der Waals surface area contributed by atoms with E-state index in [-0.39, 0.29) is 5.75 Å². The fourth-order valence-corrected chi connectivity index (χ4v) is 3.44. The molecule has 0 aliphatic heterocycles. The predicted molar refractivity (Wildman–Crippen MR) is 97.2 cm³/mol. The van der Waals surface area contributed by atoms with Crippen molar-refractivity contribution in [3.63, 3.8) is 0 Å². The first-order chi connectivity index (χ1) is 11.6. The zero-order valence-electron chi connectivity index (χ0n) is 13.3. The molecule has 0 amide bonds. The van der Waals surface area contributed by atoms with Gasteiger partial charge in [-0.2, -0.15) is 0 Å². The Balaban J connectivity index is 1.71. The number of hydrogen-bond acceptors (Lipinski definition) is 5. The van der Waals surface area contributed by atoms with E-state index in [1.807, 2.05) is 24.6 Å². The second kappa shape index (κ2) is 5.65. The second-order valence-electron chi connectivity index (χ2n) is 5.69. The Hall–Kier alpha value is -2.86. The molecule has 0 bridgehead atoms. The van der Waals surface area contributed by atoms with Crippen LogP contribution in [0.2, 0.25) is 0 Å². The first-order valence-electron chi connectivity index (χ1n) is 7.57. The molecule has 1 aromatic carbocycles. The lowest BCUT2D eigenvalue weighted by atomic mass is 10.2. The number of fused-ring (bicyclic) bond motifs is 1. The minimum Gasteiger partial charge on any atom is -0.508 e. The summed E-state index contributed by atoms with van der Waals surface area (Å²) in [7, 11) is 0. The first kappa shape index (κ1) is 14.7. The maximum Gasteiger partial charge on any atom is 0.187 e. The highest BCUT2D eigenvalue weighted by Gasteiger charge is 2.14. The highest BCUT2D eigenvalue weighted by molar-refractivity contribution is 7.14. The average molecular weight is 336 g/mol. The standard InChI is InChI=1S/C18H16N4OS/c1-11-6-7-22-16(8-11)19-12(2)17(22)15-10-24-18(21-15)20-13-4-3-5-14(23)9-13/h3-10,23H,1-2H3,(H,20,21). The van der Waals surface area contributed by atoms with Crippen LogP contribution in [0.4, 0.5) is 10.8 Å². The van der Waals surface area contributed by atoms with E-state index in [0.29, 0.717) is 0 Å². The van der Waals surface area contributed by atoms with E-state index in [2.05, 4.69) is 38.7 Å². The Kier molecular flexibility index (Phi) is 3.46. The summed E-state index contributed by atoms with van der Waals surface area (Å²) in [5.74, 6) is 0.227. The lowest BCUT2D eigenvalue weighted by molar-refractivity contribution is 0.475. The summed E-state index contributed by atoms with van der Waals surface area (Å²) in [5, 5.41) is 15.6. The van der Waals surface area contributed by atoms with Crippen molar-refractivity contribution >= 4 is 27.8 Å². The quantitative estimate of drug-likeness (QED) is 0.577. The van der Waals surface area contributed by atoms with Gasteiger partial charge in [0.05, 0.1) is 11.4 Å². The molecule has 6 heteroatoms. The van der Waals surface area contributed by atoms with Gasteiger partial charge in [0, 0.05) is 23.3 Å². The van der Waals surface area contributed by atoms with E-state index >= 15 is 0 Å². The molecule has 0 radical (unpaired) electrons. The summed E-state index contributed by atoms with van der Waals surface area (Å²) in [4.78, 5) is 9.31. The molecule has 120 valence electrons. The van der Waals surface area contributed by atoms with Crippen LogP contribution in [-0.4, -0.2) is 19.5 Å². The molecule has 0 spiro atoms. The number of nitrogens with zero attached hydrogens (tertiary/aromatic N) is 3. The minimum absolute atomic E-state index is 0.227. The van der Waals surface area contributed by atoms with Crippen molar-refractivity contribution < 1.29 is 5.11 Å². The van der Waals surface area contributed by atoms with Gasteiger partial charge in [-0.3, -0.25) is 4.40 Å². The molecular weight excluding hydrogens is 320 g/mol. The van der Waals surface area contributed by atoms with Crippen LogP contribution >= 0.6 is 11.3 Å². The summed E-state index contributed by atoms with van der Waals surface area (Å²) < 4.78 is 2.06. The number of thiazole rings is 1. The maximum absolute atomic E-state index is 9.56. The van der Waals surface area contributed by atoms with E-state index in [1.54, 1.807) is 18.2 Å². The molecular formula is C18H16N4OS. The van der Waals surface area contributed by atoms with Crippen molar-refractivity contribution in [2.75, 3.05) is 5.32 Å². The summed E-state index contributed by atoms with van der Waals surface area (Å²) in [5.41, 5.74) is 5.76. The highest BCUT2D eigenvalue weighted by Crippen LogP contribution is 2.30. The van der Waals surface area contributed by atoms with Gasteiger partial charge in [0.25, 0.3) is 0 Å². The number of imidazole rings is 1. The van der Waals surface area contributed by atoms with Gasteiger partial charge in [-0.15, -0.1) is 11.3 Å². The molecule has 3 heterocycles. The van der Waals surface area contributed by atoms with E-state index in [1.165, 1.54) is 16.9 Å². The zero-order valence-corrected chi connectivity index (χ0v) is 14.1. The normalized spacial score (nSPS) is 11.1. The second-order valence-corrected chi connectivity index (χ2v) is 6.55. The lowest BCUT2D eigenvalue weighted by Gasteiger charge is -2.03. The molecule has 24 heavy (non-hydrogen) atoms. The number of hydrogen-bond donors (Lipinski definition) is 2. The smallest absolute Gasteiger partial charge is 0.187 e. The number of phenolic OH excluding ortho intramolecular Hbond substituents is 1. The number of aromatic hydroxyl groups is 1. The SMILES string of the molecule is Cc1ccn2c(-c3csc(Nc4cccc(O)c4)n3)c(C)nc2c1. The Labute approximate surface area is 143 Å². The molecule has 3 aromatic heterocycles. The number of aryl methyl sites for hydroxylation is 2. The van der Waals surface area contributed by atoms with Gasteiger partial charge in [-0.05, 0) is 43.7 Å². The van der Waals surface area contributed by atoms with Gasteiger partial charge >= 0.3 is 0 Å². The van der Waals surface area contributed by atoms with Gasteiger partial charge in [-0.25, -0.2) is 9.97 Å².